The summed E-state index contributed by atoms with van der Waals surface area (Å²) < 4.78 is 0. The third-order valence-electron chi connectivity index (χ3n) is 4.24. The van der Waals surface area contributed by atoms with Crippen molar-refractivity contribution in [2.24, 2.45) is 0 Å². The molecule has 4 heteroatoms. The fraction of sp³-hybridized carbons (Fsp3) is 0.294. The lowest BCUT2D eigenvalue weighted by Gasteiger charge is -2.26. The van der Waals surface area contributed by atoms with Gasteiger partial charge in [0.25, 0.3) is 0 Å². The molecule has 1 aliphatic carbocycles. The number of nitrogens with zero attached hydrogens (tertiary/aromatic N) is 2. The van der Waals surface area contributed by atoms with Crippen LogP contribution < -0.4 is 5.32 Å². The molecule has 1 atom stereocenters. The van der Waals surface area contributed by atoms with E-state index in [1.165, 1.54) is 24.0 Å². The molecule has 4 nitrogen and oxygen atoms in total. The topological polar surface area (TPSA) is 53.6 Å². The minimum atomic E-state index is 0.336. The third kappa shape index (κ3) is 2.17. The van der Waals surface area contributed by atoms with Crippen LogP contribution in [-0.4, -0.2) is 15.0 Å². The van der Waals surface area contributed by atoms with E-state index in [9.17, 15) is 0 Å². The third-order valence-corrected chi connectivity index (χ3v) is 4.24. The van der Waals surface area contributed by atoms with Gasteiger partial charge in [-0.3, -0.25) is 0 Å². The standard InChI is InChI=1S/C17H18N4/c1-11-9-14-16(20-11)18-10-19-17(14)21-15-8-4-6-12-5-2-3-7-13(12)15/h2-3,5,7,9-10,15H,4,6,8H2,1H3,(H2,18,19,20,21). The van der Waals surface area contributed by atoms with Crippen molar-refractivity contribution in [2.45, 2.75) is 32.2 Å². The van der Waals surface area contributed by atoms with Crippen LogP contribution in [0, 0.1) is 6.92 Å². The molecule has 1 aromatic carbocycles. The first-order valence-electron chi connectivity index (χ1n) is 7.46. The van der Waals surface area contributed by atoms with E-state index < -0.39 is 0 Å². The number of anilines is 1. The van der Waals surface area contributed by atoms with Crippen molar-refractivity contribution < 1.29 is 0 Å². The maximum Gasteiger partial charge on any atom is 0.143 e. The molecule has 2 heterocycles. The van der Waals surface area contributed by atoms with Crippen molar-refractivity contribution in [1.29, 1.82) is 0 Å². The first-order valence-corrected chi connectivity index (χ1v) is 7.46. The van der Waals surface area contributed by atoms with E-state index in [4.69, 9.17) is 0 Å². The van der Waals surface area contributed by atoms with Crippen molar-refractivity contribution in [3.63, 3.8) is 0 Å². The molecule has 1 unspecified atom stereocenters. The molecule has 3 aromatic rings. The molecular weight excluding hydrogens is 260 g/mol. The zero-order valence-corrected chi connectivity index (χ0v) is 12.1. The van der Waals surface area contributed by atoms with Crippen molar-refractivity contribution in [2.75, 3.05) is 5.32 Å². The highest BCUT2D eigenvalue weighted by Crippen LogP contribution is 2.33. The highest BCUT2D eigenvalue weighted by molar-refractivity contribution is 5.87. The molecular formula is C17H18N4. The molecule has 106 valence electrons. The lowest BCUT2D eigenvalue weighted by Crippen LogP contribution is -2.18. The lowest BCUT2D eigenvalue weighted by atomic mass is 9.88. The summed E-state index contributed by atoms with van der Waals surface area (Å²) in [6.07, 6.45) is 5.16. The SMILES string of the molecule is Cc1cc2c(NC3CCCc4ccccc43)ncnc2[nH]1. The predicted molar refractivity (Wildman–Crippen MR) is 84.4 cm³/mol. The second kappa shape index (κ2) is 4.88. The molecule has 0 fully saturated rings. The van der Waals surface area contributed by atoms with Gasteiger partial charge in [-0.15, -0.1) is 0 Å². The molecule has 0 amide bonds. The van der Waals surface area contributed by atoms with Gasteiger partial charge in [-0.05, 0) is 43.4 Å². The number of rotatable bonds is 2. The molecule has 0 radical (unpaired) electrons. The Morgan fingerprint density at radius 3 is 3.10 bits per heavy atom. The number of hydrogen-bond acceptors (Lipinski definition) is 3. The number of aromatic nitrogens is 3. The Balaban J connectivity index is 1.73. The van der Waals surface area contributed by atoms with Crippen LogP contribution >= 0.6 is 0 Å². The Labute approximate surface area is 123 Å². The average molecular weight is 278 g/mol. The molecule has 0 bridgehead atoms. The van der Waals surface area contributed by atoms with Crippen molar-refractivity contribution in [3.8, 4) is 0 Å². The summed E-state index contributed by atoms with van der Waals surface area (Å²) in [5, 5.41) is 4.69. The molecule has 0 spiro atoms. The van der Waals surface area contributed by atoms with Gasteiger partial charge < -0.3 is 10.3 Å². The van der Waals surface area contributed by atoms with Crippen LogP contribution in [0.2, 0.25) is 0 Å². The quantitative estimate of drug-likeness (QED) is 0.750. The molecule has 2 aromatic heterocycles. The maximum absolute atomic E-state index is 4.45. The number of hydrogen-bond donors (Lipinski definition) is 2. The summed E-state index contributed by atoms with van der Waals surface area (Å²) in [6.45, 7) is 2.04. The Hall–Kier alpha value is -2.36. The zero-order valence-electron chi connectivity index (χ0n) is 12.1. The van der Waals surface area contributed by atoms with Crippen LogP contribution in [0.4, 0.5) is 5.82 Å². The minimum absolute atomic E-state index is 0.336. The van der Waals surface area contributed by atoms with Gasteiger partial charge in [0.05, 0.1) is 11.4 Å². The van der Waals surface area contributed by atoms with E-state index >= 15 is 0 Å². The van der Waals surface area contributed by atoms with Crippen LogP contribution in [0.3, 0.4) is 0 Å². The molecule has 1 aliphatic rings. The molecule has 0 saturated carbocycles. The summed E-state index contributed by atoms with van der Waals surface area (Å²) in [5.41, 5.74) is 4.87. The second-order valence-electron chi connectivity index (χ2n) is 5.72. The van der Waals surface area contributed by atoms with Crippen molar-refractivity contribution in [1.82, 2.24) is 15.0 Å². The van der Waals surface area contributed by atoms with Crippen LogP contribution in [-0.2, 0) is 6.42 Å². The molecule has 0 aliphatic heterocycles. The summed E-state index contributed by atoms with van der Waals surface area (Å²) in [6, 6.07) is 11.1. The van der Waals surface area contributed by atoms with Crippen LogP contribution in [0.25, 0.3) is 11.0 Å². The highest BCUT2D eigenvalue weighted by Gasteiger charge is 2.20. The average Bonchev–Trinajstić information content (AvgIpc) is 2.89. The number of H-pyrrole nitrogens is 1. The van der Waals surface area contributed by atoms with E-state index in [2.05, 4.69) is 50.6 Å². The van der Waals surface area contributed by atoms with E-state index in [1.807, 2.05) is 6.92 Å². The molecule has 2 N–H and O–H groups in total. The van der Waals surface area contributed by atoms with Crippen LogP contribution in [0.1, 0.15) is 35.7 Å². The Bertz CT molecular complexity index is 790. The van der Waals surface area contributed by atoms with E-state index in [-0.39, 0.29) is 0 Å². The van der Waals surface area contributed by atoms with Gasteiger partial charge in [0, 0.05) is 5.69 Å². The summed E-state index contributed by atoms with van der Waals surface area (Å²) in [4.78, 5) is 12.0. The predicted octanol–water partition coefficient (Wildman–Crippen LogP) is 3.76. The van der Waals surface area contributed by atoms with Crippen LogP contribution in [0.15, 0.2) is 36.7 Å². The summed E-state index contributed by atoms with van der Waals surface area (Å²) in [7, 11) is 0. The second-order valence-corrected chi connectivity index (χ2v) is 5.72. The Morgan fingerprint density at radius 1 is 1.24 bits per heavy atom. The molecule has 4 rings (SSSR count). The summed E-state index contributed by atoms with van der Waals surface area (Å²) in [5.74, 6) is 0.922. The van der Waals surface area contributed by atoms with Gasteiger partial charge in [-0.25, -0.2) is 9.97 Å². The van der Waals surface area contributed by atoms with Gasteiger partial charge in [-0.2, -0.15) is 0 Å². The van der Waals surface area contributed by atoms with E-state index in [0.29, 0.717) is 6.04 Å². The number of aromatic amines is 1. The Kier molecular flexibility index (Phi) is 2.88. The monoisotopic (exact) mass is 278 g/mol. The normalized spacial score (nSPS) is 17.7. The molecule has 21 heavy (non-hydrogen) atoms. The fourth-order valence-electron chi connectivity index (χ4n) is 3.26. The van der Waals surface area contributed by atoms with Gasteiger partial charge in [0.2, 0.25) is 0 Å². The lowest BCUT2D eigenvalue weighted by molar-refractivity contribution is 0.599. The Morgan fingerprint density at radius 2 is 2.14 bits per heavy atom. The first kappa shape index (κ1) is 12.4. The number of aryl methyl sites for hydroxylation is 2. The first-order chi connectivity index (χ1) is 10.3. The minimum Gasteiger partial charge on any atom is -0.363 e. The molecule has 0 saturated heterocycles. The number of nitrogens with one attached hydrogen (secondary N) is 2. The maximum atomic E-state index is 4.45. The number of fused-ring (bicyclic) bond motifs is 2. The smallest absolute Gasteiger partial charge is 0.143 e. The fourth-order valence-corrected chi connectivity index (χ4v) is 3.26. The zero-order chi connectivity index (χ0) is 14.2. The van der Waals surface area contributed by atoms with Crippen molar-refractivity contribution in [3.05, 3.63) is 53.5 Å². The van der Waals surface area contributed by atoms with Gasteiger partial charge >= 0.3 is 0 Å². The van der Waals surface area contributed by atoms with E-state index in [0.717, 1.165) is 29.0 Å². The van der Waals surface area contributed by atoms with E-state index in [1.54, 1.807) is 6.33 Å². The largest absolute Gasteiger partial charge is 0.363 e. The van der Waals surface area contributed by atoms with Gasteiger partial charge in [-0.1, -0.05) is 24.3 Å². The highest BCUT2D eigenvalue weighted by atomic mass is 15.1. The van der Waals surface area contributed by atoms with Crippen molar-refractivity contribution >= 4 is 16.9 Å². The van der Waals surface area contributed by atoms with Crippen LogP contribution in [0.5, 0.6) is 0 Å². The van der Waals surface area contributed by atoms with Gasteiger partial charge in [0.15, 0.2) is 0 Å². The summed E-state index contributed by atoms with van der Waals surface area (Å²) >= 11 is 0. The number of benzene rings is 1. The van der Waals surface area contributed by atoms with Gasteiger partial charge in [0.1, 0.15) is 17.8 Å².